The van der Waals surface area contributed by atoms with Crippen LogP contribution < -0.4 is 0 Å². The van der Waals surface area contributed by atoms with Crippen LogP contribution in [0.5, 0.6) is 0 Å². The Labute approximate surface area is 78.4 Å². The number of carboxylic acids is 1. The molecule has 0 aliphatic rings. The number of nitrogens with zero attached hydrogens (tertiary/aromatic N) is 2. The molecule has 5 heteroatoms. The predicted molar refractivity (Wildman–Crippen MR) is 50.2 cm³/mol. The molecule has 0 spiro atoms. The Morgan fingerprint density at radius 1 is 1.77 bits per heavy atom. The van der Waals surface area contributed by atoms with Crippen LogP contribution in [0, 0.1) is 0 Å². The maximum atomic E-state index is 10.6. The van der Waals surface area contributed by atoms with Gasteiger partial charge in [0.15, 0.2) is 0 Å². The van der Waals surface area contributed by atoms with Gasteiger partial charge in [0.1, 0.15) is 9.71 Å². The molecule has 0 bridgehead atoms. The molecular weight excluding hydrogens is 188 g/mol. The summed E-state index contributed by atoms with van der Waals surface area (Å²) in [7, 11) is 0. The van der Waals surface area contributed by atoms with Gasteiger partial charge in [-0.15, -0.1) is 11.3 Å². The molecule has 0 aliphatic heterocycles. The number of aryl methyl sites for hydroxylation is 1. The molecule has 0 amide bonds. The number of rotatable bonds is 2. The van der Waals surface area contributed by atoms with Crippen molar-refractivity contribution < 1.29 is 9.90 Å². The predicted octanol–water partition coefficient (Wildman–Crippen LogP) is 1.82. The molecule has 2 aromatic rings. The molecule has 68 valence electrons. The van der Waals surface area contributed by atoms with Crippen LogP contribution in [0.25, 0.3) is 10.2 Å². The maximum absolute atomic E-state index is 10.6. The maximum Gasteiger partial charge on any atom is 0.345 e. The molecule has 0 atom stereocenters. The van der Waals surface area contributed by atoms with Crippen LogP contribution in [0.2, 0.25) is 0 Å². The highest BCUT2D eigenvalue weighted by molar-refractivity contribution is 7.20. The van der Waals surface area contributed by atoms with E-state index in [0.29, 0.717) is 4.88 Å². The Bertz CT molecular complexity index is 458. The lowest BCUT2D eigenvalue weighted by atomic mass is 10.4. The zero-order valence-electron chi connectivity index (χ0n) is 7.02. The Hall–Kier alpha value is -1.36. The third-order valence-electron chi connectivity index (χ3n) is 1.82. The standard InChI is InChI=1S/C8H8N2O2S/c1-2-10-7-5(4-9-10)3-6(13-7)8(11)12/h3-4H,2H2,1H3,(H,11,12). The number of hydrogen-bond acceptors (Lipinski definition) is 3. The third-order valence-corrected chi connectivity index (χ3v) is 2.97. The van der Waals surface area contributed by atoms with Crippen LogP contribution in [-0.2, 0) is 6.54 Å². The van der Waals surface area contributed by atoms with Gasteiger partial charge in [-0.2, -0.15) is 5.10 Å². The summed E-state index contributed by atoms with van der Waals surface area (Å²) in [6.45, 7) is 2.75. The van der Waals surface area contributed by atoms with Crippen molar-refractivity contribution in [3.63, 3.8) is 0 Å². The van der Waals surface area contributed by atoms with Crippen molar-refractivity contribution in [1.82, 2.24) is 9.78 Å². The zero-order valence-corrected chi connectivity index (χ0v) is 7.84. The Balaban J connectivity index is 2.63. The Morgan fingerprint density at radius 3 is 3.15 bits per heavy atom. The number of hydrogen-bond donors (Lipinski definition) is 1. The van der Waals surface area contributed by atoms with Crippen molar-refractivity contribution in [2.24, 2.45) is 0 Å². The van der Waals surface area contributed by atoms with Crippen molar-refractivity contribution in [3.8, 4) is 0 Å². The molecule has 0 aromatic carbocycles. The normalized spacial score (nSPS) is 10.8. The average Bonchev–Trinajstić information content (AvgIpc) is 2.60. The minimum atomic E-state index is -0.871. The van der Waals surface area contributed by atoms with E-state index in [4.69, 9.17) is 5.11 Å². The molecule has 0 aliphatic carbocycles. The smallest absolute Gasteiger partial charge is 0.345 e. The van der Waals surface area contributed by atoms with E-state index in [9.17, 15) is 4.79 Å². The van der Waals surface area contributed by atoms with E-state index in [1.807, 2.05) is 6.92 Å². The van der Waals surface area contributed by atoms with Gasteiger partial charge in [-0.1, -0.05) is 0 Å². The summed E-state index contributed by atoms with van der Waals surface area (Å²) in [4.78, 5) is 11.9. The highest BCUT2D eigenvalue weighted by Crippen LogP contribution is 2.25. The quantitative estimate of drug-likeness (QED) is 0.797. The summed E-state index contributed by atoms with van der Waals surface area (Å²) in [5, 5.41) is 13.8. The lowest BCUT2D eigenvalue weighted by molar-refractivity contribution is 0.0702. The average molecular weight is 196 g/mol. The topological polar surface area (TPSA) is 55.1 Å². The van der Waals surface area contributed by atoms with E-state index >= 15 is 0 Å². The fraction of sp³-hybridized carbons (Fsp3) is 0.250. The number of fused-ring (bicyclic) bond motifs is 1. The molecule has 0 saturated carbocycles. The molecule has 0 unspecified atom stereocenters. The zero-order chi connectivity index (χ0) is 9.42. The second-order valence-electron chi connectivity index (χ2n) is 2.64. The fourth-order valence-corrected chi connectivity index (χ4v) is 2.20. The Kier molecular flexibility index (Phi) is 1.81. The SMILES string of the molecule is CCn1ncc2cc(C(=O)O)sc21. The van der Waals surface area contributed by atoms with Gasteiger partial charge in [-0.25, -0.2) is 4.79 Å². The van der Waals surface area contributed by atoms with Gasteiger partial charge < -0.3 is 5.11 Å². The first-order chi connectivity index (χ1) is 6.22. The van der Waals surface area contributed by atoms with Gasteiger partial charge in [0, 0.05) is 11.9 Å². The molecule has 13 heavy (non-hydrogen) atoms. The lowest BCUT2D eigenvalue weighted by Crippen LogP contribution is -1.94. The van der Waals surface area contributed by atoms with Crippen LogP contribution in [0.4, 0.5) is 0 Å². The number of carboxylic acid groups (broad SMARTS) is 1. The van der Waals surface area contributed by atoms with Gasteiger partial charge in [0.25, 0.3) is 0 Å². The van der Waals surface area contributed by atoms with Crippen LogP contribution in [0.1, 0.15) is 16.6 Å². The molecule has 0 saturated heterocycles. The van der Waals surface area contributed by atoms with Gasteiger partial charge >= 0.3 is 5.97 Å². The van der Waals surface area contributed by atoms with E-state index in [1.54, 1.807) is 16.9 Å². The summed E-state index contributed by atoms with van der Waals surface area (Å²) < 4.78 is 1.80. The van der Waals surface area contributed by atoms with Crippen molar-refractivity contribution in [2.75, 3.05) is 0 Å². The van der Waals surface area contributed by atoms with Crippen LogP contribution in [-0.4, -0.2) is 20.9 Å². The fourth-order valence-electron chi connectivity index (χ4n) is 1.20. The van der Waals surface area contributed by atoms with Crippen LogP contribution in [0.3, 0.4) is 0 Å². The largest absolute Gasteiger partial charge is 0.477 e. The summed E-state index contributed by atoms with van der Waals surface area (Å²) in [5.41, 5.74) is 0. The summed E-state index contributed by atoms with van der Waals surface area (Å²) in [5.74, 6) is -0.871. The van der Waals surface area contributed by atoms with E-state index in [-0.39, 0.29) is 0 Å². The molecule has 4 nitrogen and oxygen atoms in total. The van der Waals surface area contributed by atoms with Crippen molar-refractivity contribution >= 4 is 27.5 Å². The second kappa shape index (κ2) is 2.85. The van der Waals surface area contributed by atoms with Gasteiger partial charge in [0.2, 0.25) is 0 Å². The summed E-state index contributed by atoms with van der Waals surface area (Å²) in [6, 6.07) is 1.65. The van der Waals surface area contributed by atoms with Crippen molar-refractivity contribution in [3.05, 3.63) is 17.1 Å². The third kappa shape index (κ3) is 1.21. The van der Waals surface area contributed by atoms with Gasteiger partial charge in [-0.3, -0.25) is 4.68 Å². The van der Waals surface area contributed by atoms with Gasteiger partial charge in [-0.05, 0) is 13.0 Å². The molecule has 2 aromatic heterocycles. The van der Waals surface area contributed by atoms with Crippen molar-refractivity contribution in [1.29, 1.82) is 0 Å². The molecular formula is C8H8N2O2S. The van der Waals surface area contributed by atoms with E-state index in [0.717, 1.165) is 16.8 Å². The van der Waals surface area contributed by atoms with E-state index < -0.39 is 5.97 Å². The lowest BCUT2D eigenvalue weighted by Gasteiger charge is -1.92. The Morgan fingerprint density at radius 2 is 2.54 bits per heavy atom. The van der Waals surface area contributed by atoms with Crippen LogP contribution in [0.15, 0.2) is 12.3 Å². The highest BCUT2D eigenvalue weighted by Gasteiger charge is 2.11. The number of thiophene rings is 1. The number of carbonyl (C=O) groups is 1. The molecule has 1 N–H and O–H groups in total. The minimum Gasteiger partial charge on any atom is -0.477 e. The minimum absolute atomic E-state index is 0.370. The van der Waals surface area contributed by atoms with Gasteiger partial charge in [0.05, 0.1) is 6.20 Å². The summed E-state index contributed by atoms with van der Waals surface area (Å²) >= 11 is 1.26. The van der Waals surface area contributed by atoms with Crippen molar-refractivity contribution in [2.45, 2.75) is 13.5 Å². The monoisotopic (exact) mass is 196 g/mol. The second-order valence-corrected chi connectivity index (χ2v) is 3.67. The number of aromatic nitrogens is 2. The first kappa shape index (κ1) is 8.25. The molecule has 2 heterocycles. The van der Waals surface area contributed by atoms with E-state index in [1.165, 1.54) is 11.3 Å². The molecule has 0 fully saturated rings. The van der Waals surface area contributed by atoms with E-state index in [2.05, 4.69) is 5.10 Å². The number of aromatic carboxylic acids is 1. The molecule has 0 radical (unpaired) electrons. The summed E-state index contributed by atoms with van der Waals surface area (Å²) in [6.07, 6.45) is 1.70. The first-order valence-electron chi connectivity index (χ1n) is 3.91. The molecule has 2 rings (SSSR count). The first-order valence-corrected chi connectivity index (χ1v) is 4.72. The highest BCUT2D eigenvalue weighted by atomic mass is 32.1. The van der Waals surface area contributed by atoms with Crippen LogP contribution >= 0.6 is 11.3 Å².